The number of halogens is 1. The van der Waals surface area contributed by atoms with Gasteiger partial charge in [0.05, 0.1) is 0 Å². The Bertz CT molecular complexity index is 820. The predicted octanol–water partition coefficient (Wildman–Crippen LogP) is 2.90. The zero-order valence-electron chi connectivity index (χ0n) is 15.8. The largest absolute Gasteiger partial charge is 0.368 e. The van der Waals surface area contributed by atoms with E-state index in [9.17, 15) is 9.59 Å². The Hall–Kier alpha value is -2.80. The number of piperazine rings is 1. The fourth-order valence-corrected chi connectivity index (χ4v) is 3.17. The molecule has 0 spiro atoms. The lowest BCUT2D eigenvalue weighted by atomic mass is 10.2. The van der Waals surface area contributed by atoms with Crippen molar-refractivity contribution in [1.82, 2.24) is 15.2 Å². The molecule has 0 aliphatic carbocycles. The topological polar surface area (TPSA) is 77.6 Å². The highest BCUT2D eigenvalue weighted by Gasteiger charge is 2.21. The number of hydrogen-bond donors (Lipinski definition) is 2. The summed E-state index contributed by atoms with van der Waals surface area (Å²) < 4.78 is 0. The van der Waals surface area contributed by atoms with E-state index >= 15 is 0 Å². The van der Waals surface area contributed by atoms with Gasteiger partial charge in [0.25, 0.3) is 0 Å². The van der Waals surface area contributed by atoms with Gasteiger partial charge in [-0.05, 0) is 36.8 Å². The van der Waals surface area contributed by atoms with E-state index in [4.69, 9.17) is 11.6 Å². The van der Waals surface area contributed by atoms with Crippen molar-refractivity contribution in [2.75, 3.05) is 42.9 Å². The maximum absolute atomic E-state index is 12.3. The van der Waals surface area contributed by atoms with Crippen LogP contribution in [0.5, 0.6) is 0 Å². The molecule has 0 radical (unpaired) electrons. The Labute approximate surface area is 169 Å². The number of aryl methyl sites for hydroxylation is 1. The number of anilines is 2. The summed E-state index contributed by atoms with van der Waals surface area (Å²) in [6, 6.07) is 11.2. The van der Waals surface area contributed by atoms with Gasteiger partial charge in [-0.3, -0.25) is 4.79 Å². The van der Waals surface area contributed by atoms with E-state index in [0.717, 1.165) is 24.3 Å². The molecular weight excluding hydrogens is 378 g/mol. The lowest BCUT2D eigenvalue weighted by Crippen LogP contribution is -2.52. The number of urea groups is 1. The third-order valence-electron chi connectivity index (χ3n) is 4.55. The predicted molar refractivity (Wildman–Crippen MR) is 111 cm³/mol. The minimum atomic E-state index is -0.178. The van der Waals surface area contributed by atoms with Crippen molar-refractivity contribution in [3.8, 4) is 0 Å². The maximum Gasteiger partial charge on any atom is 0.317 e. The molecule has 0 saturated carbocycles. The van der Waals surface area contributed by atoms with E-state index in [1.165, 1.54) is 0 Å². The lowest BCUT2D eigenvalue weighted by molar-refractivity contribution is -0.116. The minimum Gasteiger partial charge on any atom is -0.368 e. The SMILES string of the molecule is Cc1ccc(NC(=O)CCNC(=O)N2CCN(c3cccc(Cl)c3)CC2)nc1. The first-order valence-corrected chi connectivity index (χ1v) is 9.65. The quantitative estimate of drug-likeness (QED) is 0.807. The lowest BCUT2D eigenvalue weighted by Gasteiger charge is -2.36. The Morgan fingerprint density at radius 2 is 1.93 bits per heavy atom. The van der Waals surface area contributed by atoms with Gasteiger partial charge < -0.3 is 20.4 Å². The van der Waals surface area contributed by atoms with Crippen LogP contribution in [-0.2, 0) is 4.79 Å². The zero-order chi connectivity index (χ0) is 19.9. The van der Waals surface area contributed by atoms with E-state index in [1.807, 2.05) is 37.3 Å². The molecule has 2 aromatic rings. The molecule has 7 nitrogen and oxygen atoms in total. The van der Waals surface area contributed by atoms with E-state index in [1.54, 1.807) is 17.2 Å². The molecule has 148 valence electrons. The molecule has 0 bridgehead atoms. The summed E-state index contributed by atoms with van der Waals surface area (Å²) in [4.78, 5) is 32.4. The average molecular weight is 402 g/mol. The molecular formula is C20H24ClN5O2. The van der Waals surface area contributed by atoms with Crippen molar-refractivity contribution in [3.63, 3.8) is 0 Å². The Kier molecular flexibility index (Phi) is 6.71. The number of nitrogens with zero attached hydrogens (tertiary/aromatic N) is 3. The molecule has 2 N–H and O–H groups in total. The average Bonchev–Trinajstić information content (AvgIpc) is 2.70. The fourth-order valence-electron chi connectivity index (χ4n) is 2.98. The molecule has 1 aromatic heterocycles. The number of carbonyl (C=O) groups is 2. The van der Waals surface area contributed by atoms with Crippen molar-refractivity contribution in [1.29, 1.82) is 0 Å². The van der Waals surface area contributed by atoms with Crippen LogP contribution < -0.4 is 15.5 Å². The van der Waals surface area contributed by atoms with Crippen LogP contribution in [-0.4, -0.2) is 54.5 Å². The second-order valence-corrected chi connectivity index (χ2v) is 7.14. The smallest absolute Gasteiger partial charge is 0.317 e. The number of hydrogen-bond acceptors (Lipinski definition) is 4. The zero-order valence-corrected chi connectivity index (χ0v) is 16.6. The van der Waals surface area contributed by atoms with Crippen LogP contribution in [0.3, 0.4) is 0 Å². The molecule has 1 saturated heterocycles. The molecule has 28 heavy (non-hydrogen) atoms. The third kappa shape index (κ3) is 5.60. The molecule has 3 amide bonds. The highest BCUT2D eigenvalue weighted by atomic mass is 35.5. The van der Waals surface area contributed by atoms with Crippen molar-refractivity contribution >= 4 is 35.0 Å². The van der Waals surface area contributed by atoms with Gasteiger partial charge in [-0.25, -0.2) is 9.78 Å². The van der Waals surface area contributed by atoms with E-state index in [-0.39, 0.29) is 24.9 Å². The van der Waals surface area contributed by atoms with Crippen LogP contribution in [0, 0.1) is 6.92 Å². The van der Waals surface area contributed by atoms with Gasteiger partial charge in [-0.15, -0.1) is 0 Å². The van der Waals surface area contributed by atoms with Gasteiger partial charge >= 0.3 is 6.03 Å². The molecule has 1 aliphatic heterocycles. The number of benzene rings is 1. The van der Waals surface area contributed by atoms with Gasteiger partial charge in [0, 0.05) is 56.1 Å². The number of rotatable bonds is 5. The number of amides is 3. The highest BCUT2D eigenvalue weighted by Crippen LogP contribution is 2.20. The minimum absolute atomic E-state index is 0.146. The standard InChI is InChI=1S/C20H24ClN5O2/c1-15-5-6-18(23-14-15)24-19(27)7-8-22-20(28)26-11-9-25(10-12-26)17-4-2-3-16(21)13-17/h2-6,13-14H,7-12H2,1H3,(H,22,28)(H,23,24,27). The van der Waals surface area contributed by atoms with Crippen LogP contribution in [0.1, 0.15) is 12.0 Å². The Morgan fingerprint density at radius 1 is 1.14 bits per heavy atom. The molecule has 1 fully saturated rings. The van der Waals surface area contributed by atoms with Crippen molar-refractivity contribution in [3.05, 3.63) is 53.2 Å². The van der Waals surface area contributed by atoms with Crippen LogP contribution in [0.25, 0.3) is 0 Å². The first-order chi connectivity index (χ1) is 13.5. The van der Waals surface area contributed by atoms with Crippen LogP contribution in [0.4, 0.5) is 16.3 Å². The summed E-state index contributed by atoms with van der Waals surface area (Å²) in [7, 11) is 0. The molecule has 1 aliphatic rings. The summed E-state index contributed by atoms with van der Waals surface area (Å²) in [6.45, 7) is 4.95. The summed E-state index contributed by atoms with van der Waals surface area (Å²) in [5, 5.41) is 6.23. The second kappa shape index (κ2) is 9.41. The second-order valence-electron chi connectivity index (χ2n) is 6.70. The monoisotopic (exact) mass is 401 g/mol. The first-order valence-electron chi connectivity index (χ1n) is 9.27. The molecule has 0 atom stereocenters. The normalized spacial score (nSPS) is 13.9. The van der Waals surface area contributed by atoms with E-state index < -0.39 is 0 Å². The van der Waals surface area contributed by atoms with Crippen LogP contribution in [0.15, 0.2) is 42.6 Å². The van der Waals surface area contributed by atoms with E-state index in [2.05, 4.69) is 20.5 Å². The van der Waals surface area contributed by atoms with Crippen LogP contribution in [0.2, 0.25) is 5.02 Å². The van der Waals surface area contributed by atoms with Gasteiger partial charge in [-0.2, -0.15) is 0 Å². The molecule has 8 heteroatoms. The molecule has 2 heterocycles. The first kappa shape index (κ1) is 19.9. The summed E-state index contributed by atoms with van der Waals surface area (Å²) in [6.07, 6.45) is 1.89. The van der Waals surface area contributed by atoms with Crippen molar-refractivity contribution in [2.24, 2.45) is 0 Å². The third-order valence-corrected chi connectivity index (χ3v) is 4.78. The van der Waals surface area contributed by atoms with Crippen LogP contribution >= 0.6 is 11.6 Å². The number of aromatic nitrogens is 1. The maximum atomic E-state index is 12.3. The van der Waals surface area contributed by atoms with Crippen molar-refractivity contribution in [2.45, 2.75) is 13.3 Å². The van der Waals surface area contributed by atoms with Crippen molar-refractivity contribution < 1.29 is 9.59 Å². The van der Waals surface area contributed by atoms with Gasteiger partial charge in [0.2, 0.25) is 5.91 Å². The van der Waals surface area contributed by atoms with E-state index in [0.29, 0.717) is 23.9 Å². The van der Waals surface area contributed by atoms with Gasteiger partial charge in [-0.1, -0.05) is 23.7 Å². The number of carbonyl (C=O) groups excluding carboxylic acids is 2. The summed E-state index contributed by atoms with van der Waals surface area (Å²) in [5.41, 5.74) is 2.09. The number of pyridine rings is 1. The molecule has 0 unspecified atom stereocenters. The Morgan fingerprint density at radius 3 is 2.61 bits per heavy atom. The fraction of sp³-hybridized carbons (Fsp3) is 0.350. The Balaban J connectivity index is 1.37. The summed E-state index contributed by atoms with van der Waals surface area (Å²) in [5.74, 6) is 0.335. The molecule has 1 aromatic carbocycles. The molecule has 3 rings (SSSR count). The highest BCUT2D eigenvalue weighted by molar-refractivity contribution is 6.30. The summed E-state index contributed by atoms with van der Waals surface area (Å²) >= 11 is 6.05. The van der Waals surface area contributed by atoms with Gasteiger partial charge in [0.15, 0.2) is 0 Å². The van der Waals surface area contributed by atoms with Gasteiger partial charge in [0.1, 0.15) is 5.82 Å². The number of nitrogens with one attached hydrogen (secondary N) is 2.